The van der Waals surface area contributed by atoms with Crippen LogP contribution >= 0.6 is 11.6 Å². The van der Waals surface area contributed by atoms with Crippen LogP contribution in [-0.2, 0) is 15.8 Å². The maximum absolute atomic E-state index is 12.1. The first-order chi connectivity index (χ1) is 8.96. The van der Waals surface area contributed by atoms with Crippen molar-refractivity contribution in [2.24, 2.45) is 0 Å². The summed E-state index contributed by atoms with van der Waals surface area (Å²) in [5.41, 5.74) is 2.15. The van der Waals surface area contributed by atoms with Crippen LogP contribution in [0.3, 0.4) is 0 Å². The quantitative estimate of drug-likeness (QED) is 0.937. The third-order valence-electron chi connectivity index (χ3n) is 2.66. The average molecular weight is 296 g/mol. The smallest absolute Gasteiger partial charge is 0.236 e. The van der Waals surface area contributed by atoms with Crippen molar-refractivity contribution in [2.75, 3.05) is 4.72 Å². The van der Waals surface area contributed by atoms with Gasteiger partial charge >= 0.3 is 0 Å². The molecule has 0 aliphatic carbocycles. The van der Waals surface area contributed by atoms with Gasteiger partial charge in [0.1, 0.15) is 0 Å². The van der Waals surface area contributed by atoms with Gasteiger partial charge in [0, 0.05) is 5.02 Å². The fraction of sp³-hybridized carbons (Fsp3) is 0.143. The molecule has 1 N–H and O–H groups in total. The molecule has 0 aliphatic heterocycles. The lowest BCUT2D eigenvalue weighted by Crippen LogP contribution is -2.15. The largest absolute Gasteiger partial charge is 0.283 e. The fourth-order valence-electron chi connectivity index (χ4n) is 1.74. The summed E-state index contributed by atoms with van der Waals surface area (Å²) in [5.74, 6) is -0.0953. The van der Waals surface area contributed by atoms with Crippen LogP contribution in [0.15, 0.2) is 48.5 Å². The van der Waals surface area contributed by atoms with Gasteiger partial charge in [-0.05, 0) is 36.2 Å². The summed E-state index contributed by atoms with van der Waals surface area (Å²) in [5, 5.41) is 0.531. The lowest BCUT2D eigenvalue weighted by Gasteiger charge is -2.10. The van der Waals surface area contributed by atoms with Crippen LogP contribution in [0, 0.1) is 6.92 Å². The van der Waals surface area contributed by atoms with Crippen LogP contribution in [0.25, 0.3) is 0 Å². The van der Waals surface area contributed by atoms with E-state index in [-0.39, 0.29) is 5.75 Å². The molecule has 2 aromatic rings. The van der Waals surface area contributed by atoms with Gasteiger partial charge in [-0.1, -0.05) is 41.9 Å². The average Bonchev–Trinajstić information content (AvgIpc) is 2.31. The maximum Gasteiger partial charge on any atom is 0.236 e. The van der Waals surface area contributed by atoms with E-state index < -0.39 is 10.0 Å². The SMILES string of the molecule is Cc1ccccc1NS(=O)(=O)Cc1cccc(Cl)c1. The zero-order valence-electron chi connectivity index (χ0n) is 10.4. The van der Waals surface area contributed by atoms with Gasteiger partial charge in [0.15, 0.2) is 0 Å². The first kappa shape index (κ1) is 13.9. The molecule has 0 unspecified atom stereocenters. The first-order valence-corrected chi connectivity index (χ1v) is 7.80. The molecule has 2 aromatic carbocycles. The Morgan fingerprint density at radius 2 is 1.84 bits per heavy atom. The molecule has 0 aliphatic rings. The monoisotopic (exact) mass is 295 g/mol. The Balaban J connectivity index is 2.18. The summed E-state index contributed by atoms with van der Waals surface area (Å²) >= 11 is 5.84. The van der Waals surface area contributed by atoms with Crippen molar-refractivity contribution in [3.8, 4) is 0 Å². The number of benzene rings is 2. The molecule has 0 fully saturated rings. The second-order valence-corrected chi connectivity index (χ2v) is 6.46. The van der Waals surface area contributed by atoms with E-state index in [2.05, 4.69) is 4.72 Å². The minimum atomic E-state index is -3.44. The van der Waals surface area contributed by atoms with Crippen molar-refractivity contribution in [1.82, 2.24) is 0 Å². The lowest BCUT2D eigenvalue weighted by molar-refractivity contribution is 0.600. The van der Waals surface area contributed by atoms with Crippen molar-refractivity contribution in [3.63, 3.8) is 0 Å². The molecule has 3 nitrogen and oxygen atoms in total. The van der Waals surface area contributed by atoms with E-state index in [1.165, 1.54) is 0 Å². The van der Waals surface area contributed by atoms with Gasteiger partial charge in [-0.2, -0.15) is 0 Å². The molecule has 2 rings (SSSR count). The van der Waals surface area contributed by atoms with Crippen LogP contribution in [-0.4, -0.2) is 8.42 Å². The molecule has 0 radical (unpaired) electrons. The molecule has 0 aromatic heterocycles. The van der Waals surface area contributed by atoms with E-state index >= 15 is 0 Å². The number of hydrogen-bond donors (Lipinski definition) is 1. The predicted molar refractivity (Wildman–Crippen MR) is 78.9 cm³/mol. The Kier molecular flexibility index (Phi) is 4.12. The molecule has 0 saturated carbocycles. The highest BCUT2D eigenvalue weighted by Crippen LogP contribution is 2.18. The van der Waals surface area contributed by atoms with Crippen molar-refractivity contribution in [3.05, 3.63) is 64.7 Å². The molecular formula is C14H14ClNO2S. The number of halogens is 1. The Bertz CT molecular complexity index is 683. The zero-order valence-corrected chi connectivity index (χ0v) is 12.0. The molecule has 0 bridgehead atoms. The van der Waals surface area contributed by atoms with Crippen molar-refractivity contribution in [1.29, 1.82) is 0 Å². The second kappa shape index (κ2) is 5.63. The van der Waals surface area contributed by atoms with Gasteiger partial charge in [0.05, 0.1) is 11.4 Å². The maximum atomic E-state index is 12.1. The van der Waals surface area contributed by atoms with Crippen molar-refractivity contribution in [2.45, 2.75) is 12.7 Å². The van der Waals surface area contributed by atoms with Gasteiger partial charge in [0.2, 0.25) is 10.0 Å². The molecule has 0 spiro atoms. The van der Waals surface area contributed by atoms with E-state index in [1.54, 1.807) is 36.4 Å². The van der Waals surface area contributed by atoms with Crippen molar-refractivity contribution >= 4 is 27.3 Å². The summed E-state index contributed by atoms with van der Waals surface area (Å²) in [6.07, 6.45) is 0. The Labute approximate surface area is 118 Å². The van der Waals surface area contributed by atoms with Gasteiger partial charge in [-0.25, -0.2) is 8.42 Å². The third kappa shape index (κ3) is 3.98. The van der Waals surface area contributed by atoms with E-state index in [9.17, 15) is 8.42 Å². The fourth-order valence-corrected chi connectivity index (χ4v) is 3.20. The molecule has 100 valence electrons. The molecule has 5 heteroatoms. The lowest BCUT2D eigenvalue weighted by atomic mass is 10.2. The number of nitrogens with one attached hydrogen (secondary N) is 1. The van der Waals surface area contributed by atoms with Gasteiger partial charge < -0.3 is 0 Å². The molecule has 0 heterocycles. The number of aryl methyl sites for hydroxylation is 1. The molecule has 0 atom stereocenters. The van der Waals surface area contributed by atoms with E-state index in [0.717, 1.165) is 5.56 Å². The highest BCUT2D eigenvalue weighted by Gasteiger charge is 2.12. The predicted octanol–water partition coefficient (Wildman–Crippen LogP) is 3.59. The van der Waals surface area contributed by atoms with Crippen LogP contribution < -0.4 is 4.72 Å². The highest BCUT2D eigenvalue weighted by molar-refractivity contribution is 7.91. The van der Waals surface area contributed by atoms with E-state index in [0.29, 0.717) is 16.3 Å². The van der Waals surface area contributed by atoms with Gasteiger partial charge in [-0.3, -0.25) is 4.72 Å². The molecule has 19 heavy (non-hydrogen) atoms. The normalized spacial score (nSPS) is 11.3. The van der Waals surface area contributed by atoms with Gasteiger partial charge in [0.25, 0.3) is 0 Å². The number of para-hydroxylation sites is 1. The topological polar surface area (TPSA) is 46.2 Å². The van der Waals surface area contributed by atoms with Crippen LogP contribution in [0.4, 0.5) is 5.69 Å². The van der Waals surface area contributed by atoms with E-state index in [4.69, 9.17) is 11.6 Å². The summed E-state index contributed by atoms with van der Waals surface area (Å²) in [6, 6.07) is 14.1. The third-order valence-corrected chi connectivity index (χ3v) is 4.14. The summed E-state index contributed by atoms with van der Waals surface area (Å²) in [4.78, 5) is 0. The Morgan fingerprint density at radius 3 is 2.53 bits per heavy atom. The Hall–Kier alpha value is -1.52. The van der Waals surface area contributed by atoms with Crippen LogP contribution in [0.2, 0.25) is 5.02 Å². The molecular weight excluding hydrogens is 282 g/mol. The summed E-state index contributed by atoms with van der Waals surface area (Å²) in [6.45, 7) is 1.86. The summed E-state index contributed by atoms with van der Waals surface area (Å²) in [7, 11) is -3.44. The first-order valence-electron chi connectivity index (χ1n) is 5.77. The minimum absolute atomic E-state index is 0.0953. The number of rotatable bonds is 4. The minimum Gasteiger partial charge on any atom is -0.283 e. The number of hydrogen-bond acceptors (Lipinski definition) is 2. The number of sulfonamides is 1. The van der Waals surface area contributed by atoms with Gasteiger partial charge in [-0.15, -0.1) is 0 Å². The molecule has 0 saturated heterocycles. The summed E-state index contributed by atoms with van der Waals surface area (Å²) < 4.78 is 26.7. The second-order valence-electron chi connectivity index (χ2n) is 4.31. The molecule has 0 amide bonds. The zero-order chi connectivity index (χ0) is 13.9. The Morgan fingerprint density at radius 1 is 1.11 bits per heavy atom. The standard InChI is InChI=1S/C14H14ClNO2S/c1-11-5-2-3-8-14(11)16-19(17,18)10-12-6-4-7-13(15)9-12/h2-9,16H,10H2,1H3. The van der Waals surface area contributed by atoms with Crippen LogP contribution in [0.1, 0.15) is 11.1 Å². The number of anilines is 1. The highest BCUT2D eigenvalue weighted by atomic mass is 35.5. The van der Waals surface area contributed by atoms with Crippen molar-refractivity contribution < 1.29 is 8.42 Å². The van der Waals surface area contributed by atoms with Crippen LogP contribution in [0.5, 0.6) is 0 Å². The van der Waals surface area contributed by atoms with E-state index in [1.807, 2.05) is 19.1 Å².